The molecule has 1 aromatic rings. The van der Waals surface area contributed by atoms with Crippen LogP contribution in [0.25, 0.3) is 0 Å². The molecule has 1 fully saturated rings. The van der Waals surface area contributed by atoms with E-state index in [1.807, 2.05) is 11.8 Å². The van der Waals surface area contributed by atoms with Gasteiger partial charge in [-0.05, 0) is 18.6 Å². The molecule has 5 nitrogen and oxygen atoms in total. The summed E-state index contributed by atoms with van der Waals surface area (Å²) in [6.45, 7) is 3.32. The van der Waals surface area contributed by atoms with Gasteiger partial charge in [-0.2, -0.15) is 0 Å². The maximum absolute atomic E-state index is 11.3. The number of carbonyl (C=O) groups excluding carboxylic acids is 1. The van der Waals surface area contributed by atoms with Crippen molar-refractivity contribution in [1.82, 2.24) is 4.98 Å². The molecule has 0 bridgehead atoms. The van der Waals surface area contributed by atoms with E-state index in [1.54, 1.807) is 12.3 Å². The standard InChI is InChI=1S/C10H14N4O/c1-6-2-3-13-10(8(6)9(12)15)14-4-7(11)5-14/h2-3,7H,4-5,11H2,1H3,(H2,12,15). The topological polar surface area (TPSA) is 85.2 Å². The van der Waals surface area contributed by atoms with Gasteiger partial charge in [0.1, 0.15) is 5.82 Å². The van der Waals surface area contributed by atoms with Crippen molar-refractivity contribution in [3.8, 4) is 0 Å². The number of amides is 1. The van der Waals surface area contributed by atoms with E-state index in [0.29, 0.717) is 11.4 Å². The van der Waals surface area contributed by atoms with Crippen molar-refractivity contribution < 1.29 is 4.79 Å². The number of nitrogens with zero attached hydrogens (tertiary/aromatic N) is 2. The van der Waals surface area contributed by atoms with Crippen LogP contribution in [0.2, 0.25) is 0 Å². The molecule has 80 valence electrons. The molecule has 0 spiro atoms. The second-order valence-electron chi connectivity index (χ2n) is 3.86. The molecule has 5 heteroatoms. The molecule has 0 aromatic carbocycles. The predicted molar refractivity (Wildman–Crippen MR) is 57.7 cm³/mol. The highest BCUT2D eigenvalue weighted by Gasteiger charge is 2.28. The van der Waals surface area contributed by atoms with Gasteiger partial charge in [0.15, 0.2) is 0 Å². The van der Waals surface area contributed by atoms with Crippen LogP contribution in [0.5, 0.6) is 0 Å². The number of hydrogen-bond donors (Lipinski definition) is 2. The van der Waals surface area contributed by atoms with Crippen molar-refractivity contribution in [1.29, 1.82) is 0 Å². The van der Waals surface area contributed by atoms with E-state index in [1.165, 1.54) is 0 Å². The first-order chi connectivity index (χ1) is 7.09. The number of anilines is 1. The molecule has 1 saturated heterocycles. The van der Waals surface area contributed by atoms with Gasteiger partial charge in [-0.25, -0.2) is 4.98 Å². The Morgan fingerprint density at radius 2 is 2.27 bits per heavy atom. The maximum Gasteiger partial charge on any atom is 0.252 e. The van der Waals surface area contributed by atoms with Crippen LogP contribution < -0.4 is 16.4 Å². The molecule has 1 aromatic heterocycles. The number of carbonyl (C=O) groups is 1. The molecule has 1 aliphatic heterocycles. The zero-order valence-corrected chi connectivity index (χ0v) is 8.60. The first-order valence-corrected chi connectivity index (χ1v) is 4.85. The van der Waals surface area contributed by atoms with E-state index >= 15 is 0 Å². The minimum absolute atomic E-state index is 0.174. The van der Waals surface area contributed by atoms with Gasteiger partial charge in [-0.3, -0.25) is 4.79 Å². The second kappa shape index (κ2) is 3.51. The molecule has 2 rings (SSSR count). The Hall–Kier alpha value is -1.62. The molecule has 2 heterocycles. The summed E-state index contributed by atoms with van der Waals surface area (Å²) in [5.74, 6) is 0.222. The molecule has 0 atom stereocenters. The largest absolute Gasteiger partial charge is 0.365 e. The Morgan fingerprint density at radius 3 is 2.80 bits per heavy atom. The third-order valence-electron chi connectivity index (χ3n) is 2.60. The highest BCUT2D eigenvalue weighted by Crippen LogP contribution is 2.23. The fourth-order valence-electron chi connectivity index (χ4n) is 1.77. The van der Waals surface area contributed by atoms with Crippen LogP contribution in [0.1, 0.15) is 15.9 Å². The molecule has 1 amide bonds. The lowest BCUT2D eigenvalue weighted by Gasteiger charge is -2.38. The molecule has 0 aliphatic carbocycles. The number of rotatable bonds is 2. The highest BCUT2D eigenvalue weighted by atomic mass is 16.1. The van der Waals surface area contributed by atoms with Crippen LogP contribution in [0, 0.1) is 6.92 Å². The summed E-state index contributed by atoms with van der Waals surface area (Å²) in [6, 6.07) is 1.96. The van der Waals surface area contributed by atoms with E-state index in [0.717, 1.165) is 18.7 Å². The van der Waals surface area contributed by atoms with Gasteiger partial charge >= 0.3 is 0 Å². The van der Waals surface area contributed by atoms with Crippen molar-refractivity contribution in [3.05, 3.63) is 23.4 Å². The van der Waals surface area contributed by atoms with E-state index in [2.05, 4.69) is 4.98 Å². The predicted octanol–water partition coefficient (Wildman–Crippen LogP) is -0.364. The van der Waals surface area contributed by atoms with Crippen LogP contribution >= 0.6 is 0 Å². The zero-order chi connectivity index (χ0) is 11.0. The van der Waals surface area contributed by atoms with Crippen LogP contribution in [-0.4, -0.2) is 30.0 Å². The molecule has 15 heavy (non-hydrogen) atoms. The van der Waals surface area contributed by atoms with Crippen molar-refractivity contribution in [2.45, 2.75) is 13.0 Å². The number of pyridine rings is 1. The average molecular weight is 206 g/mol. The Kier molecular flexibility index (Phi) is 2.32. The van der Waals surface area contributed by atoms with Gasteiger partial charge in [0.2, 0.25) is 0 Å². The number of aryl methyl sites for hydroxylation is 1. The molecule has 0 unspecified atom stereocenters. The Bertz CT molecular complexity index is 398. The van der Waals surface area contributed by atoms with Gasteiger partial charge in [-0.15, -0.1) is 0 Å². The lowest BCUT2D eigenvalue weighted by atomic mass is 10.1. The van der Waals surface area contributed by atoms with E-state index in [4.69, 9.17) is 11.5 Å². The van der Waals surface area contributed by atoms with Gasteiger partial charge in [0, 0.05) is 25.3 Å². The summed E-state index contributed by atoms with van der Waals surface area (Å²) >= 11 is 0. The smallest absolute Gasteiger partial charge is 0.252 e. The van der Waals surface area contributed by atoms with Crippen molar-refractivity contribution >= 4 is 11.7 Å². The molecule has 0 radical (unpaired) electrons. The third-order valence-corrected chi connectivity index (χ3v) is 2.60. The third kappa shape index (κ3) is 1.66. The fraction of sp³-hybridized carbons (Fsp3) is 0.400. The molecular formula is C10H14N4O. The maximum atomic E-state index is 11.3. The fourth-order valence-corrected chi connectivity index (χ4v) is 1.77. The minimum Gasteiger partial charge on any atom is -0.365 e. The summed E-state index contributed by atoms with van der Waals surface area (Å²) in [6.07, 6.45) is 1.68. The number of hydrogen-bond acceptors (Lipinski definition) is 4. The summed E-state index contributed by atoms with van der Waals surface area (Å²) in [4.78, 5) is 17.4. The summed E-state index contributed by atoms with van der Waals surface area (Å²) in [5, 5.41) is 0. The lowest BCUT2D eigenvalue weighted by Crippen LogP contribution is -2.56. The summed E-state index contributed by atoms with van der Waals surface area (Å²) in [5.41, 5.74) is 12.4. The molecule has 4 N–H and O–H groups in total. The van der Waals surface area contributed by atoms with Crippen molar-refractivity contribution in [2.24, 2.45) is 11.5 Å². The Morgan fingerprint density at radius 1 is 1.60 bits per heavy atom. The Labute approximate surface area is 88.1 Å². The van der Waals surface area contributed by atoms with Crippen molar-refractivity contribution in [3.63, 3.8) is 0 Å². The first kappa shape index (κ1) is 9.92. The Balaban J connectivity index is 2.38. The van der Waals surface area contributed by atoms with Gasteiger partial charge < -0.3 is 16.4 Å². The van der Waals surface area contributed by atoms with Crippen LogP contribution in [0.15, 0.2) is 12.3 Å². The quantitative estimate of drug-likeness (QED) is 0.691. The number of primary amides is 1. The second-order valence-corrected chi connectivity index (χ2v) is 3.86. The molecule has 0 saturated carbocycles. The van der Waals surface area contributed by atoms with Crippen molar-refractivity contribution in [2.75, 3.05) is 18.0 Å². The average Bonchev–Trinajstić information content (AvgIpc) is 2.12. The molecule has 1 aliphatic rings. The van der Waals surface area contributed by atoms with Gasteiger partial charge in [0.05, 0.1) is 5.56 Å². The van der Waals surface area contributed by atoms with Crippen LogP contribution in [0.3, 0.4) is 0 Å². The van der Waals surface area contributed by atoms with Gasteiger partial charge in [-0.1, -0.05) is 0 Å². The lowest BCUT2D eigenvalue weighted by molar-refractivity contribution is 0.0999. The number of aromatic nitrogens is 1. The van der Waals surface area contributed by atoms with E-state index in [9.17, 15) is 4.79 Å². The van der Waals surface area contributed by atoms with Gasteiger partial charge in [0.25, 0.3) is 5.91 Å². The summed E-state index contributed by atoms with van der Waals surface area (Å²) in [7, 11) is 0. The normalized spacial score (nSPS) is 16.3. The monoisotopic (exact) mass is 206 g/mol. The first-order valence-electron chi connectivity index (χ1n) is 4.85. The summed E-state index contributed by atoms with van der Waals surface area (Å²) < 4.78 is 0. The SMILES string of the molecule is Cc1ccnc(N2CC(N)C2)c1C(N)=O. The minimum atomic E-state index is -0.434. The molecular weight excluding hydrogens is 192 g/mol. The van der Waals surface area contributed by atoms with E-state index in [-0.39, 0.29) is 6.04 Å². The van der Waals surface area contributed by atoms with Crippen LogP contribution in [0.4, 0.5) is 5.82 Å². The van der Waals surface area contributed by atoms with Crippen LogP contribution in [-0.2, 0) is 0 Å². The number of nitrogens with two attached hydrogens (primary N) is 2. The van der Waals surface area contributed by atoms with E-state index < -0.39 is 5.91 Å². The highest BCUT2D eigenvalue weighted by molar-refractivity contribution is 5.99. The zero-order valence-electron chi connectivity index (χ0n) is 8.60.